The third-order valence-corrected chi connectivity index (χ3v) is 5.27. The number of nitrogen functional groups attached to an aromatic ring is 1. The number of likely N-dealkylation sites (tertiary alicyclic amines) is 1. The summed E-state index contributed by atoms with van der Waals surface area (Å²) in [7, 11) is -1.94. The van der Waals surface area contributed by atoms with E-state index in [1.54, 1.807) is 13.2 Å². The van der Waals surface area contributed by atoms with Gasteiger partial charge in [0.1, 0.15) is 5.75 Å². The zero-order valence-corrected chi connectivity index (χ0v) is 18.9. The van der Waals surface area contributed by atoms with Gasteiger partial charge in [-0.1, -0.05) is 11.6 Å². The van der Waals surface area contributed by atoms with Crippen LogP contribution in [0.25, 0.3) is 0 Å². The minimum atomic E-state index is -3.67. The van der Waals surface area contributed by atoms with Crippen molar-refractivity contribution in [2.45, 2.75) is 31.7 Å². The van der Waals surface area contributed by atoms with Crippen LogP contribution in [0, 0.1) is 0 Å². The van der Waals surface area contributed by atoms with Gasteiger partial charge in [-0.2, -0.15) is 8.42 Å². The molecule has 30 heavy (non-hydrogen) atoms. The third-order valence-electron chi connectivity index (χ3n) is 4.96. The number of hydrogen-bond acceptors (Lipinski definition) is 7. The first-order valence-corrected chi connectivity index (χ1v) is 12.0. The monoisotopic (exact) mass is 463 g/mol. The summed E-state index contributed by atoms with van der Waals surface area (Å²) in [5, 5.41) is 3.55. The number of benzene rings is 1. The molecule has 1 aromatic rings. The molecular formula is C19H30ClN3O6S. The number of piperidine rings is 1. The Kier molecular flexibility index (Phi) is 9.17. The molecule has 0 spiro atoms. The fraction of sp³-hybridized carbons (Fsp3) is 0.632. The number of nitrogens with one attached hydrogen (secondary N) is 1. The number of nitrogens with two attached hydrogens (primary N) is 1. The molecule has 0 bridgehead atoms. The number of fused-ring (bicyclic) bond motifs is 1. The number of carbonyl (C=O) groups is 1. The van der Waals surface area contributed by atoms with Gasteiger partial charge in [0.15, 0.2) is 0 Å². The van der Waals surface area contributed by atoms with Crippen molar-refractivity contribution in [1.82, 2.24) is 10.2 Å². The molecule has 0 unspecified atom stereocenters. The van der Waals surface area contributed by atoms with Crippen molar-refractivity contribution >= 4 is 33.3 Å². The molecule has 2 aliphatic rings. The van der Waals surface area contributed by atoms with Crippen LogP contribution in [0.2, 0.25) is 5.02 Å². The van der Waals surface area contributed by atoms with E-state index in [9.17, 15) is 13.2 Å². The smallest absolute Gasteiger partial charge is 0.261 e. The highest BCUT2D eigenvalue weighted by Gasteiger charge is 2.27. The van der Waals surface area contributed by atoms with E-state index in [2.05, 4.69) is 10.2 Å². The lowest BCUT2D eigenvalue weighted by Gasteiger charge is -2.32. The van der Waals surface area contributed by atoms with Gasteiger partial charge in [-0.05, 0) is 25.3 Å². The molecule has 170 valence electrons. The quantitative estimate of drug-likeness (QED) is 0.329. The van der Waals surface area contributed by atoms with E-state index < -0.39 is 10.1 Å². The van der Waals surface area contributed by atoms with E-state index in [0.29, 0.717) is 41.3 Å². The van der Waals surface area contributed by atoms with Gasteiger partial charge in [-0.3, -0.25) is 9.35 Å². The highest BCUT2D eigenvalue weighted by molar-refractivity contribution is 7.85. The van der Waals surface area contributed by atoms with E-state index in [4.69, 9.17) is 31.4 Å². The molecule has 0 radical (unpaired) electrons. The molecule has 2 aliphatic heterocycles. The molecule has 2 heterocycles. The zero-order chi connectivity index (χ0) is 22.3. The first-order chi connectivity index (χ1) is 14.1. The second kappa shape index (κ2) is 11.1. The second-order valence-electron chi connectivity index (χ2n) is 7.39. The van der Waals surface area contributed by atoms with Gasteiger partial charge >= 0.3 is 0 Å². The molecular weight excluding hydrogens is 434 g/mol. The number of nitrogens with zero attached hydrogens (tertiary/aromatic N) is 1. The molecule has 11 heteroatoms. The van der Waals surface area contributed by atoms with Crippen LogP contribution in [-0.2, 0) is 21.3 Å². The Labute approximate surface area is 182 Å². The van der Waals surface area contributed by atoms with Crippen LogP contribution < -0.4 is 15.8 Å². The fourth-order valence-electron chi connectivity index (χ4n) is 3.53. The van der Waals surface area contributed by atoms with E-state index >= 15 is 0 Å². The second-order valence-corrected chi connectivity index (χ2v) is 9.27. The number of rotatable bonds is 6. The summed E-state index contributed by atoms with van der Waals surface area (Å²) in [6.07, 6.45) is 4.35. The van der Waals surface area contributed by atoms with Crippen molar-refractivity contribution in [1.29, 1.82) is 0 Å². The van der Waals surface area contributed by atoms with Crippen LogP contribution in [0.4, 0.5) is 5.69 Å². The average molecular weight is 464 g/mol. The summed E-state index contributed by atoms with van der Waals surface area (Å²) >= 11 is 6.19. The summed E-state index contributed by atoms with van der Waals surface area (Å²) in [6.45, 7) is 4.36. The summed E-state index contributed by atoms with van der Waals surface area (Å²) in [6, 6.07) is 1.80. The van der Waals surface area contributed by atoms with E-state index in [1.165, 1.54) is 0 Å². The molecule has 0 aliphatic carbocycles. The van der Waals surface area contributed by atoms with Gasteiger partial charge in [0.05, 0.1) is 29.1 Å². The van der Waals surface area contributed by atoms with Crippen LogP contribution in [0.15, 0.2) is 6.07 Å². The highest BCUT2D eigenvalue weighted by Crippen LogP contribution is 2.38. The largest absolute Gasteiger partial charge is 0.492 e. The lowest BCUT2D eigenvalue weighted by Crippen LogP contribution is -2.45. The molecule has 0 atom stereocenters. The van der Waals surface area contributed by atoms with Crippen LogP contribution in [0.1, 0.15) is 35.2 Å². The standard InChI is InChI=1S/C18H26ClN3O3.CH4O3S/c1-24-9-2-6-22-7-3-12(4-8-22)21-18(23)14-11-15(19)16(20)13-5-10-25-17(13)14;1-5(2,3)4/h11-12H,2-10,20H2,1H3,(H,21,23);1H3,(H,2,3,4). The SMILES string of the molecule is COCCCN1CCC(NC(=O)c2cc(Cl)c(N)c3c2OCC3)CC1.CS(=O)(=O)O. The van der Waals surface area contributed by atoms with Crippen molar-refractivity contribution in [2.75, 3.05) is 51.9 Å². The highest BCUT2D eigenvalue weighted by atomic mass is 35.5. The molecule has 1 amide bonds. The maximum absolute atomic E-state index is 12.7. The van der Waals surface area contributed by atoms with Gasteiger partial charge in [0.25, 0.3) is 16.0 Å². The third kappa shape index (κ3) is 7.59. The summed E-state index contributed by atoms with van der Waals surface area (Å²) < 4.78 is 36.6. The Bertz CT molecular complexity index is 833. The summed E-state index contributed by atoms with van der Waals surface area (Å²) in [4.78, 5) is 15.1. The normalized spacial score (nSPS) is 16.9. The predicted octanol–water partition coefficient (Wildman–Crippen LogP) is 1.59. The number of hydrogen-bond donors (Lipinski definition) is 3. The van der Waals surface area contributed by atoms with Gasteiger partial charge < -0.3 is 25.4 Å². The summed E-state index contributed by atoms with van der Waals surface area (Å²) in [5.41, 5.74) is 7.86. The molecule has 1 fully saturated rings. The number of amides is 1. The molecule has 0 aromatic heterocycles. The van der Waals surface area contributed by atoms with Crippen LogP contribution in [0.3, 0.4) is 0 Å². The zero-order valence-electron chi connectivity index (χ0n) is 17.3. The molecule has 1 saturated heterocycles. The molecule has 1 aromatic carbocycles. The Morgan fingerprint density at radius 1 is 1.43 bits per heavy atom. The minimum Gasteiger partial charge on any atom is -0.492 e. The van der Waals surface area contributed by atoms with Crippen LogP contribution in [-0.4, -0.2) is 76.0 Å². The first-order valence-electron chi connectivity index (χ1n) is 9.78. The lowest BCUT2D eigenvalue weighted by atomic mass is 10.0. The molecule has 3 rings (SSSR count). The molecule has 0 saturated carbocycles. The van der Waals surface area contributed by atoms with Crippen LogP contribution >= 0.6 is 11.6 Å². The van der Waals surface area contributed by atoms with Gasteiger partial charge in [0, 0.05) is 51.4 Å². The topological polar surface area (TPSA) is 131 Å². The van der Waals surface area contributed by atoms with Crippen molar-refractivity contribution < 1.29 is 27.2 Å². The minimum absolute atomic E-state index is 0.127. The number of halogens is 1. The van der Waals surface area contributed by atoms with Gasteiger partial charge in [-0.25, -0.2) is 0 Å². The lowest BCUT2D eigenvalue weighted by molar-refractivity contribution is 0.0904. The van der Waals surface area contributed by atoms with Crippen molar-refractivity contribution in [3.63, 3.8) is 0 Å². The fourth-order valence-corrected chi connectivity index (χ4v) is 3.76. The number of methoxy groups -OCH3 is 1. The van der Waals surface area contributed by atoms with E-state index in [0.717, 1.165) is 51.1 Å². The van der Waals surface area contributed by atoms with Gasteiger partial charge in [-0.15, -0.1) is 0 Å². The van der Waals surface area contributed by atoms with E-state index in [1.807, 2.05) is 0 Å². The Balaban J connectivity index is 0.000000575. The number of anilines is 1. The Morgan fingerprint density at radius 2 is 2.07 bits per heavy atom. The Hall–Kier alpha value is -1.59. The van der Waals surface area contributed by atoms with Crippen molar-refractivity contribution in [3.05, 3.63) is 22.2 Å². The molecule has 9 nitrogen and oxygen atoms in total. The maximum atomic E-state index is 12.7. The predicted molar refractivity (Wildman–Crippen MR) is 116 cm³/mol. The van der Waals surface area contributed by atoms with Crippen molar-refractivity contribution in [2.24, 2.45) is 0 Å². The Morgan fingerprint density at radius 3 is 2.67 bits per heavy atom. The van der Waals surface area contributed by atoms with Gasteiger partial charge in [0.2, 0.25) is 0 Å². The first kappa shape index (κ1) is 24.7. The number of ether oxygens (including phenoxy) is 2. The van der Waals surface area contributed by atoms with Crippen LogP contribution in [0.5, 0.6) is 5.75 Å². The summed E-state index contributed by atoms with van der Waals surface area (Å²) in [5.74, 6) is 0.467. The number of carbonyl (C=O) groups excluding carboxylic acids is 1. The maximum Gasteiger partial charge on any atom is 0.261 e. The average Bonchev–Trinajstić information content (AvgIpc) is 3.15. The molecule has 4 N–H and O–H groups in total. The van der Waals surface area contributed by atoms with E-state index in [-0.39, 0.29) is 11.9 Å². The van der Waals surface area contributed by atoms with Crippen molar-refractivity contribution in [3.8, 4) is 5.75 Å².